The van der Waals surface area contributed by atoms with Crippen LogP contribution in [0.3, 0.4) is 0 Å². The Hall–Kier alpha value is -5.36. The number of carbonyl (C=O) groups is 4. The zero-order valence-corrected chi connectivity index (χ0v) is 26.9. The first-order valence-electron chi connectivity index (χ1n) is 14.7. The molecule has 2 N–H and O–H groups in total. The Morgan fingerprint density at radius 3 is 1.62 bits per heavy atom. The molecule has 0 unspecified atom stereocenters. The molecule has 0 fully saturated rings. The number of hydrogen-bond acceptors (Lipinski definition) is 10. The van der Waals surface area contributed by atoms with Gasteiger partial charge in [0.25, 0.3) is 0 Å². The van der Waals surface area contributed by atoms with E-state index in [2.05, 4.69) is 4.90 Å². The van der Waals surface area contributed by atoms with Crippen molar-refractivity contribution in [1.29, 1.82) is 0 Å². The fourth-order valence-corrected chi connectivity index (χ4v) is 4.38. The van der Waals surface area contributed by atoms with Crippen LogP contribution in [0, 0.1) is 0 Å². The van der Waals surface area contributed by atoms with Gasteiger partial charge in [-0.2, -0.15) is 0 Å². The van der Waals surface area contributed by atoms with Gasteiger partial charge in [-0.05, 0) is 54.8 Å². The van der Waals surface area contributed by atoms with Gasteiger partial charge in [-0.25, -0.2) is 14.4 Å². The minimum Gasteiger partial charge on any atom is -0.493 e. The molecule has 3 aromatic rings. The summed E-state index contributed by atoms with van der Waals surface area (Å²) < 4.78 is 27.0. The standard InChI is InChI=1S/C33H39NO7.C2H2O4/c1-34(19-11-21-40-30(35)18-17-25-23-28(37-2)32(39-4)29(24-25)38-3)20-12-22-41-33(36)31(26-13-7-5-8-14-26)27-15-9-6-10-16-27;3-1(4)2(5)6/h5-10,13-18,23-24,31H,11-12,19-22H2,1-4H3;(H,3,4)(H,5,6)/b18-17+;. The molecule has 0 amide bonds. The van der Waals surface area contributed by atoms with E-state index in [0.29, 0.717) is 43.3 Å². The number of benzene rings is 3. The summed E-state index contributed by atoms with van der Waals surface area (Å²) in [5.74, 6) is -3.29. The second kappa shape index (κ2) is 20.6. The van der Waals surface area contributed by atoms with Gasteiger partial charge in [-0.15, -0.1) is 0 Å². The molecule has 0 atom stereocenters. The van der Waals surface area contributed by atoms with Crippen molar-refractivity contribution in [2.75, 3.05) is 54.7 Å². The maximum atomic E-state index is 13.0. The molecule has 0 saturated heterocycles. The molecule has 0 radical (unpaired) electrons. The van der Waals surface area contributed by atoms with E-state index in [-0.39, 0.29) is 5.97 Å². The minimum absolute atomic E-state index is 0.253. The monoisotopic (exact) mass is 651 g/mol. The van der Waals surface area contributed by atoms with E-state index >= 15 is 0 Å². The first-order chi connectivity index (χ1) is 22.6. The van der Waals surface area contributed by atoms with Crippen LogP contribution in [0.1, 0.15) is 35.4 Å². The summed E-state index contributed by atoms with van der Waals surface area (Å²) in [6.07, 6.45) is 4.40. The van der Waals surface area contributed by atoms with Crippen molar-refractivity contribution >= 4 is 30.0 Å². The van der Waals surface area contributed by atoms with E-state index in [0.717, 1.165) is 29.8 Å². The third-order valence-corrected chi connectivity index (χ3v) is 6.64. The first-order valence-corrected chi connectivity index (χ1v) is 14.7. The smallest absolute Gasteiger partial charge is 0.414 e. The lowest BCUT2D eigenvalue weighted by molar-refractivity contribution is -0.159. The number of rotatable bonds is 16. The van der Waals surface area contributed by atoms with Crippen molar-refractivity contribution in [3.63, 3.8) is 0 Å². The number of esters is 2. The number of nitrogens with zero attached hydrogens (tertiary/aromatic N) is 1. The average Bonchev–Trinajstić information content (AvgIpc) is 3.08. The predicted octanol–water partition coefficient (Wildman–Crippen LogP) is 4.51. The summed E-state index contributed by atoms with van der Waals surface area (Å²) in [6.45, 7) is 2.13. The maximum Gasteiger partial charge on any atom is 0.414 e. The highest BCUT2D eigenvalue weighted by Gasteiger charge is 2.24. The van der Waals surface area contributed by atoms with Crippen LogP contribution >= 0.6 is 0 Å². The van der Waals surface area contributed by atoms with Crippen LogP contribution < -0.4 is 14.2 Å². The third-order valence-electron chi connectivity index (χ3n) is 6.64. The van der Waals surface area contributed by atoms with E-state index in [4.69, 9.17) is 43.5 Å². The molecular formula is C35H41NO11. The molecular weight excluding hydrogens is 610 g/mol. The van der Waals surface area contributed by atoms with Crippen molar-refractivity contribution in [1.82, 2.24) is 4.90 Å². The average molecular weight is 652 g/mol. The SMILES string of the molecule is COc1cc(/C=C/C(=O)OCCCN(C)CCCOC(=O)C(c2ccccc2)c2ccccc2)cc(OC)c1OC.O=C(O)C(=O)O. The molecule has 0 aliphatic rings. The molecule has 252 valence electrons. The number of carboxylic acids is 2. The highest BCUT2D eigenvalue weighted by molar-refractivity contribution is 6.27. The van der Waals surface area contributed by atoms with Gasteiger partial charge in [0, 0.05) is 19.2 Å². The second-order valence-electron chi connectivity index (χ2n) is 10.0. The summed E-state index contributed by atoms with van der Waals surface area (Å²) in [6, 6.07) is 22.9. The van der Waals surface area contributed by atoms with Gasteiger partial charge in [0.1, 0.15) is 5.92 Å². The Balaban J connectivity index is 0.00000117. The minimum atomic E-state index is -1.82. The zero-order chi connectivity index (χ0) is 34.6. The zero-order valence-electron chi connectivity index (χ0n) is 26.9. The van der Waals surface area contributed by atoms with Crippen molar-refractivity contribution < 1.29 is 53.1 Å². The van der Waals surface area contributed by atoms with Crippen LogP contribution in [0.25, 0.3) is 6.08 Å². The van der Waals surface area contributed by atoms with Gasteiger partial charge in [-0.3, -0.25) is 4.79 Å². The van der Waals surface area contributed by atoms with Crippen LogP contribution in [-0.2, 0) is 28.7 Å². The third kappa shape index (κ3) is 13.3. The lowest BCUT2D eigenvalue weighted by atomic mass is 9.91. The van der Waals surface area contributed by atoms with Gasteiger partial charge >= 0.3 is 23.9 Å². The molecule has 3 aromatic carbocycles. The number of hydrogen-bond donors (Lipinski definition) is 2. The van der Waals surface area contributed by atoms with Crippen LogP contribution in [-0.4, -0.2) is 93.7 Å². The fraction of sp³-hybridized carbons (Fsp3) is 0.314. The van der Waals surface area contributed by atoms with Crippen molar-refractivity contribution in [2.45, 2.75) is 18.8 Å². The summed E-state index contributed by atoms with van der Waals surface area (Å²) in [7, 11) is 6.60. The van der Waals surface area contributed by atoms with E-state index in [1.807, 2.05) is 67.7 Å². The Morgan fingerprint density at radius 2 is 1.19 bits per heavy atom. The van der Waals surface area contributed by atoms with Crippen LogP contribution in [0.5, 0.6) is 17.2 Å². The van der Waals surface area contributed by atoms with E-state index in [1.54, 1.807) is 18.2 Å². The van der Waals surface area contributed by atoms with Gasteiger partial charge in [0.05, 0.1) is 34.5 Å². The van der Waals surface area contributed by atoms with Gasteiger partial charge < -0.3 is 38.8 Å². The summed E-state index contributed by atoms with van der Waals surface area (Å²) in [5.41, 5.74) is 2.54. The summed E-state index contributed by atoms with van der Waals surface area (Å²) >= 11 is 0. The van der Waals surface area contributed by atoms with Gasteiger partial charge in [0.2, 0.25) is 5.75 Å². The number of carboxylic acid groups (broad SMARTS) is 2. The maximum absolute atomic E-state index is 13.0. The molecule has 0 spiro atoms. The lowest BCUT2D eigenvalue weighted by Crippen LogP contribution is -2.24. The first kappa shape index (κ1) is 37.8. The number of ether oxygens (including phenoxy) is 5. The molecule has 0 aromatic heterocycles. The molecule has 0 aliphatic heterocycles. The summed E-state index contributed by atoms with van der Waals surface area (Å²) in [4.78, 5) is 45.5. The quantitative estimate of drug-likeness (QED) is 0.0968. The number of aliphatic carboxylic acids is 2. The summed E-state index contributed by atoms with van der Waals surface area (Å²) in [5, 5.41) is 14.8. The highest BCUT2D eigenvalue weighted by atomic mass is 16.5. The largest absolute Gasteiger partial charge is 0.493 e. The van der Waals surface area contributed by atoms with Crippen LogP contribution in [0.4, 0.5) is 0 Å². The lowest BCUT2D eigenvalue weighted by Gasteiger charge is -2.19. The predicted molar refractivity (Wildman–Crippen MR) is 174 cm³/mol. The highest BCUT2D eigenvalue weighted by Crippen LogP contribution is 2.38. The van der Waals surface area contributed by atoms with Crippen LogP contribution in [0.2, 0.25) is 0 Å². The number of carbonyl (C=O) groups excluding carboxylic acids is 2. The molecule has 0 heterocycles. The second-order valence-corrected chi connectivity index (χ2v) is 10.0. The molecule has 3 rings (SSSR count). The molecule has 0 bridgehead atoms. The van der Waals surface area contributed by atoms with Crippen LogP contribution in [0.15, 0.2) is 78.9 Å². The Morgan fingerprint density at radius 1 is 0.723 bits per heavy atom. The molecule has 12 heteroatoms. The number of methoxy groups -OCH3 is 3. The van der Waals surface area contributed by atoms with Crippen molar-refractivity contribution in [3.05, 3.63) is 95.6 Å². The molecule has 12 nitrogen and oxygen atoms in total. The fourth-order valence-electron chi connectivity index (χ4n) is 4.38. The van der Waals surface area contributed by atoms with Crippen molar-refractivity contribution in [2.24, 2.45) is 0 Å². The van der Waals surface area contributed by atoms with E-state index < -0.39 is 23.8 Å². The Labute approximate surface area is 274 Å². The molecule has 0 saturated carbocycles. The Bertz CT molecular complexity index is 1380. The van der Waals surface area contributed by atoms with Crippen molar-refractivity contribution in [3.8, 4) is 17.2 Å². The van der Waals surface area contributed by atoms with Gasteiger partial charge in [-0.1, -0.05) is 60.7 Å². The molecule has 0 aliphatic carbocycles. The van der Waals surface area contributed by atoms with Gasteiger partial charge in [0.15, 0.2) is 11.5 Å². The topological polar surface area (TPSA) is 158 Å². The Kier molecular flexibility index (Phi) is 16.6. The molecule has 47 heavy (non-hydrogen) atoms. The normalized spacial score (nSPS) is 10.6. The van der Waals surface area contributed by atoms with E-state index in [1.165, 1.54) is 27.4 Å². The van der Waals surface area contributed by atoms with E-state index in [9.17, 15) is 9.59 Å².